The van der Waals surface area contributed by atoms with E-state index in [9.17, 15) is 4.79 Å². The van der Waals surface area contributed by atoms with Gasteiger partial charge in [-0.15, -0.1) is 0 Å². The van der Waals surface area contributed by atoms with Crippen molar-refractivity contribution in [2.24, 2.45) is 0 Å². The fourth-order valence-corrected chi connectivity index (χ4v) is 3.87. The van der Waals surface area contributed by atoms with Gasteiger partial charge < -0.3 is 10.6 Å². The zero-order valence-corrected chi connectivity index (χ0v) is 11.6. The van der Waals surface area contributed by atoms with E-state index < -0.39 is 0 Å². The third-order valence-corrected chi connectivity index (χ3v) is 5.57. The molecule has 1 saturated carbocycles. The molecule has 0 spiro atoms. The van der Waals surface area contributed by atoms with Gasteiger partial charge in [0.05, 0.1) is 0 Å². The van der Waals surface area contributed by atoms with Gasteiger partial charge in [-0.25, -0.2) is 0 Å². The Kier molecular flexibility index (Phi) is 4.74. The van der Waals surface area contributed by atoms with Crippen LogP contribution in [-0.2, 0) is 4.79 Å². The number of rotatable bonds is 5. The summed E-state index contributed by atoms with van der Waals surface area (Å²) in [6.07, 6.45) is 10.4. The molecular formula is C13H24N2OS. The van der Waals surface area contributed by atoms with E-state index in [1.807, 2.05) is 11.8 Å². The first kappa shape index (κ1) is 13.2. The van der Waals surface area contributed by atoms with Crippen molar-refractivity contribution in [3.05, 3.63) is 0 Å². The Morgan fingerprint density at radius 3 is 2.76 bits per heavy atom. The molecule has 0 aromatic rings. The van der Waals surface area contributed by atoms with Gasteiger partial charge in [0.2, 0.25) is 5.91 Å². The molecule has 1 aliphatic carbocycles. The van der Waals surface area contributed by atoms with Crippen LogP contribution in [0.15, 0.2) is 0 Å². The average molecular weight is 256 g/mol. The molecule has 2 aliphatic rings. The highest BCUT2D eigenvalue weighted by Gasteiger charge is 2.33. The smallest absolute Gasteiger partial charge is 0.221 e. The van der Waals surface area contributed by atoms with E-state index in [0.29, 0.717) is 17.2 Å². The van der Waals surface area contributed by atoms with Crippen LogP contribution in [0.1, 0.15) is 44.9 Å². The highest BCUT2D eigenvalue weighted by molar-refractivity contribution is 8.00. The highest BCUT2D eigenvalue weighted by Crippen LogP contribution is 2.39. The standard InChI is InChI=1S/C13H24N2OS/c1-17-13(6-2-3-7-13)10-15-12(16)9-11-5-4-8-14-11/h11,14H,2-10H2,1H3,(H,15,16). The molecule has 1 saturated heterocycles. The van der Waals surface area contributed by atoms with Crippen LogP contribution in [0.5, 0.6) is 0 Å². The predicted octanol–water partition coefficient (Wildman–Crippen LogP) is 1.92. The lowest BCUT2D eigenvalue weighted by Gasteiger charge is -2.27. The summed E-state index contributed by atoms with van der Waals surface area (Å²) >= 11 is 1.93. The third-order valence-electron chi connectivity index (χ3n) is 4.15. The highest BCUT2D eigenvalue weighted by atomic mass is 32.2. The number of amides is 1. The van der Waals surface area contributed by atoms with Crippen molar-refractivity contribution in [1.82, 2.24) is 10.6 Å². The van der Waals surface area contributed by atoms with Gasteiger partial charge in [-0.1, -0.05) is 12.8 Å². The summed E-state index contributed by atoms with van der Waals surface area (Å²) < 4.78 is 0.332. The van der Waals surface area contributed by atoms with E-state index in [2.05, 4.69) is 16.9 Å². The molecule has 2 N–H and O–H groups in total. The molecule has 0 radical (unpaired) electrons. The third kappa shape index (κ3) is 3.62. The minimum atomic E-state index is 0.227. The lowest BCUT2D eigenvalue weighted by atomic mass is 10.1. The van der Waals surface area contributed by atoms with Crippen LogP contribution < -0.4 is 10.6 Å². The molecule has 98 valence electrons. The molecule has 2 rings (SSSR count). The summed E-state index contributed by atoms with van der Waals surface area (Å²) in [6.45, 7) is 1.94. The quantitative estimate of drug-likeness (QED) is 0.789. The first-order chi connectivity index (χ1) is 8.24. The van der Waals surface area contributed by atoms with Gasteiger partial charge in [-0.2, -0.15) is 11.8 Å². The predicted molar refractivity (Wildman–Crippen MR) is 73.4 cm³/mol. The van der Waals surface area contributed by atoms with Gasteiger partial charge in [0.1, 0.15) is 0 Å². The molecular weight excluding hydrogens is 232 g/mol. The summed E-state index contributed by atoms with van der Waals surface area (Å²) in [5, 5.41) is 6.52. The molecule has 3 nitrogen and oxygen atoms in total. The summed E-state index contributed by atoms with van der Waals surface area (Å²) in [4.78, 5) is 11.9. The molecule has 1 amide bonds. The molecule has 0 bridgehead atoms. The lowest BCUT2D eigenvalue weighted by molar-refractivity contribution is -0.121. The summed E-state index contributed by atoms with van der Waals surface area (Å²) in [5.74, 6) is 0.227. The van der Waals surface area contributed by atoms with Gasteiger partial charge in [-0.3, -0.25) is 4.79 Å². The lowest BCUT2D eigenvalue weighted by Crippen LogP contribution is -2.40. The molecule has 1 atom stereocenters. The van der Waals surface area contributed by atoms with Gasteiger partial charge in [0, 0.05) is 23.8 Å². The molecule has 2 fully saturated rings. The Morgan fingerprint density at radius 1 is 1.41 bits per heavy atom. The van der Waals surface area contributed by atoms with Crippen LogP contribution in [0.3, 0.4) is 0 Å². The molecule has 1 heterocycles. The van der Waals surface area contributed by atoms with Crippen molar-refractivity contribution in [2.45, 2.75) is 55.7 Å². The van der Waals surface area contributed by atoms with Crippen LogP contribution in [0.2, 0.25) is 0 Å². The fourth-order valence-electron chi connectivity index (χ4n) is 2.96. The first-order valence-electron chi connectivity index (χ1n) is 6.79. The van der Waals surface area contributed by atoms with Crippen molar-refractivity contribution < 1.29 is 4.79 Å². The van der Waals surface area contributed by atoms with Gasteiger partial charge in [0.25, 0.3) is 0 Å². The molecule has 1 aliphatic heterocycles. The Hall–Kier alpha value is -0.220. The molecule has 4 heteroatoms. The van der Waals surface area contributed by atoms with Crippen LogP contribution in [0.4, 0.5) is 0 Å². The summed E-state index contributed by atoms with van der Waals surface area (Å²) in [5.41, 5.74) is 0. The van der Waals surface area contributed by atoms with Crippen LogP contribution in [-0.4, -0.2) is 36.0 Å². The maximum Gasteiger partial charge on any atom is 0.221 e. The monoisotopic (exact) mass is 256 g/mol. The molecule has 17 heavy (non-hydrogen) atoms. The number of thioether (sulfide) groups is 1. The topological polar surface area (TPSA) is 41.1 Å². The van der Waals surface area contributed by atoms with Gasteiger partial charge >= 0.3 is 0 Å². The largest absolute Gasteiger partial charge is 0.355 e. The second-order valence-corrected chi connectivity index (χ2v) is 6.64. The number of carbonyl (C=O) groups excluding carboxylic acids is 1. The number of carbonyl (C=O) groups is 1. The van der Waals surface area contributed by atoms with Gasteiger partial charge in [0.15, 0.2) is 0 Å². The van der Waals surface area contributed by atoms with E-state index in [4.69, 9.17) is 0 Å². The maximum atomic E-state index is 11.9. The van der Waals surface area contributed by atoms with Crippen LogP contribution >= 0.6 is 11.8 Å². The Balaban J connectivity index is 1.71. The maximum absolute atomic E-state index is 11.9. The number of hydrogen-bond acceptors (Lipinski definition) is 3. The van der Waals surface area contributed by atoms with E-state index in [0.717, 1.165) is 19.5 Å². The first-order valence-corrected chi connectivity index (χ1v) is 8.02. The Bertz CT molecular complexity index is 258. The Morgan fingerprint density at radius 2 is 2.18 bits per heavy atom. The number of hydrogen-bond donors (Lipinski definition) is 2. The van der Waals surface area contributed by atoms with Crippen molar-refractivity contribution in [3.8, 4) is 0 Å². The second kappa shape index (κ2) is 6.10. The van der Waals surface area contributed by atoms with E-state index in [1.165, 1.54) is 32.1 Å². The number of nitrogens with one attached hydrogen (secondary N) is 2. The molecule has 1 unspecified atom stereocenters. The molecule has 0 aromatic carbocycles. The second-order valence-electron chi connectivity index (χ2n) is 5.37. The van der Waals surface area contributed by atoms with Gasteiger partial charge in [-0.05, 0) is 38.5 Å². The minimum absolute atomic E-state index is 0.227. The summed E-state index contributed by atoms with van der Waals surface area (Å²) in [6, 6.07) is 0.420. The van der Waals surface area contributed by atoms with Crippen molar-refractivity contribution >= 4 is 17.7 Å². The van der Waals surface area contributed by atoms with Crippen LogP contribution in [0, 0.1) is 0 Å². The van der Waals surface area contributed by atoms with E-state index in [1.54, 1.807) is 0 Å². The average Bonchev–Trinajstić information content (AvgIpc) is 2.98. The fraction of sp³-hybridized carbons (Fsp3) is 0.923. The molecule has 0 aromatic heterocycles. The normalized spacial score (nSPS) is 27.2. The van der Waals surface area contributed by atoms with E-state index >= 15 is 0 Å². The van der Waals surface area contributed by atoms with E-state index in [-0.39, 0.29) is 5.91 Å². The van der Waals surface area contributed by atoms with Crippen molar-refractivity contribution in [2.75, 3.05) is 19.3 Å². The summed E-state index contributed by atoms with van der Waals surface area (Å²) in [7, 11) is 0. The Labute approximate surface area is 108 Å². The SMILES string of the molecule is CSC1(CNC(=O)CC2CCCN2)CCCC1. The zero-order chi connectivity index (χ0) is 12.1. The van der Waals surface area contributed by atoms with Crippen molar-refractivity contribution in [1.29, 1.82) is 0 Å². The van der Waals surface area contributed by atoms with Crippen LogP contribution in [0.25, 0.3) is 0 Å². The zero-order valence-electron chi connectivity index (χ0n) is 10.8. The van der Waals surface area contributed by atoms with Crippen molar-refractivity contribution in [3.63, 3.8) is 0 Å². The minimum Gasteiger partial charge on any atom is -0.355 e.